The maximum atomic E-state index is 12.7. The van der Waals surface area contributed by atoms with E-state index in [1.807, 2.05) is 25.3 Å². The monoisotopic (exact) mass is 390 g/mol. The molecule has 0 bridgehead atoms. The highest BCUT2D eigenvalue weighted by molar-refractivity contribution is 7.98. The summed E-state index contributed by atoms with van der Waals surface area (Å²) in [6, 6.07) is 5.04. The number of aromatic nitrogens is 3. The lowest BCUT2D eigenvalue weighted by Crippen LogP contribution is -2.29. The van der Waals surface area contributed by atoms with Gasteiger partial charge in [0.25, 0.3) is 0 Å². The van der Waals surface area contributed by atoms with E-state index in [-0.39, 0.29) is 6.61 Å². The van der Waals surface area contributed by atoms with Crippen molar-refractivity contribution < 1.29 is 19.0 Å². The molecule has 0 fully saturated rings. The van der Waals surface area contributed by atoms with Crippen LogP contribution in [0.3, 0.4) is 0 Å². The van der Waals surface area contributed by atoms with Gasteiger partial charge >= 0.3 is 5.97 Å². The van der Waals surface area contributed by atoms with E-state index in [4.69, 9.17) is 14.2 Å². The van der Waals surface area contributed by atoms with Crippen LogP contribution in [-0.2, 0) is 9.53 Å². The van der Waals surface area contributed by atoms with E-state index in [0.29, 0.717) is 33.9 Å². The number of allylic oxidation sites excluding steroid dienone is 1. The molecule has 0 saturated heterocycles. The Bertz CT molecular complexity index is 893. The third-order valence-corrected chi connectivity index (χ3v) is 4.77. The lowest BCUT2D eigenvalue weighted by Gasteiger charge is -2.28. The Hall–Kier alpha value is -2.68. The highest BCUT2D eigenvalue weighted by atomic mass is 32.2. The van der Waals surface area contributed by atoms with E-state index in [0.717, 1.165) is 5.56 Å². The number of hydrogen-bond acceptors (Lipinski definition) is 8. The SMILES string of the molecule is CCOC(=O)C1=C(C)Nc2nc(SC)nn2C1c1ccc(OC)c(OC)c1. The number of thioether (sulfide) groups is 1. The number of ether oxygens (including phenoxy) is 3. The first-order valence-electron chi connectivity index (χ1n) is 8.41. The van der Waals surface area contributed by atoms with Crippen LogP contribution in [0, 0.1) is 0 Å². The molecule has 1 aliphatic rings. The van der Waals surface area contributed by atoms with Crippen LogP contribution in [0.4, 0.5) is 5.95 Å². The molecule has 1 aromatic carbocycles. The number of rotatable bonds is 6. The topological polar surface area (TPSA) is 87.5 Å². The zero-order valence-electron chi connectivity index (χ0n) is 15.9. The van der Waals surface area contributed by atoms with Gasteiger partial charge in [-0.15, -0.1) is 5.10 Å². The molecule has 1 N–H and O–H groups in total. The smallest absolute Gasteiger partial charge is 0.338 e. The second-order valence-corrected chi connectivity index (χ2v) is 6.54. The zero-order valence-corrected chi connectivity index (χ0v) is 16.7. The molecule has 2 heterocycles. The largest absolute Gasteiger partial charge is 0.493 e. The van der Waals surface area contributed by atoms with Crippen molar-refractivity contribution in [3.8, 4) is 11.5 Å². The molecule has 2 aromatic rings. The average molecular weight is 390 g/mol. The Morgan fingerprint density at radius 2 is 2.04 bits per heavy atom. The summed E-state index contributed by atoms with van der Waals surface area (Å²) >= 11 is 1.43. The van der Waals surface area contributed by atoms with Crippen molar-refractivity contribution >= 4 is 23.7 Å². The minimum Gasteiger partial charge on any atom is -0.493 e. The number of esters is 1. The fraction of sp³-hybridized carbons (Fsp3) is 0.389. The summed E-state index contributed by atoms with van der Waals surface area (Å²) in [4.78, 5) is 17.2. The van der Waals surface area contributed by atoms with E-state index in [9.17, 15) is 4.79 Å². The lowest BCUT2D eigenvalue weighted by atomic mass is 9.95. The summed E-state index contributed by atoms with van der Waals surface area (Å²) in [6.07, 6.45) is 1.90. The number of fused-ring (bicyclic) bond motifs is 1. The minimum absolute atomic E-state index is 0.286. The predicted molar refractivity (Wildman–Crippen MR) is 102 cm³/mol. The van der Waals surface area contributed by atoms with Gasteiger partial charge in [-0.05, 0) is 37.8 Å². The minimum atomic E-state index is -0.492. The second-order valence-electron chi connectivity index (χ2n) is 5.77. The van der Waals surface area contributed by atoms with Crippen LogP contribution in [-0.4, -0.2) is 47.8 Å². The molecule has 27 heavy (non-hydrogen) atoms. The number of nitrogens with zero attached hydrogens (tertiary/aromatic N) is 3. The molecule has 3 rings (SSSR count). The molecule has 1 aliphatic heterocycles. The number of anilines is 1. The summed E-state index contributed by atoms with van der Waals surface area (Å²) in [5.74, 6) is 1.36. The summed E-state index contributed by atoms with van der Waals surface area (Å²) in [5, 5.41) is 8.31. The quantitative estimate of drug-likeness (QED) is 0.595. The van der Waals surface area contributed by atoms with Crippen molar-refractivity contribution in [1.29, 1.82) is 0 Å². The van der Waals surface area contributed by atoms with Gasteiger partial charge in [-0.2, -0.15) is 4.98 Å². The van der Waals surface area contributed by atoms with Crippen molar-refractivity contribution in [2.75, 3.05) is 32.4 Å². The Morgan fingerprint density at radius 3 is 2.67 bits per heavy atom. The van der Waals surface area contributed by atoms with Crippen molar-refractivity contribution in [1.82, 2.24) is 14.8 Å². The van der Waals surface area contributed by atoms with E-state index >= 15 is 0 Å². The molecule has 144 valence electrons. The number of carbonyl (C=O) groups excluding carboxylic acids is 1. The van der Waals surface area contributed by atoms with Crippen LogP contribution in [0.2, 0.25) is 0 Å². The predicted octanol–water partition coefficient (Wildman–Crippen LogP) is 2.87. The summed E-state index contributed by atoms with van der Waals surface area (Å²) in [6.45, 7) is 3.90. The van der Waals surface area contributed by atoms with E-state index in [1.165, 1.54) is 11.8 Å². The number of nitrogens with one attached hydrogen (secondary N) is 1. The zero-order chi connectivity index (χ0) is 19.6. The summed E-state index contributed by atoms with van der Waals surface area (Å²) in [5.41, 5.74) is 1.98. The van der Waals surface area contributed by atoms with Crippen molar-refractivity contribution in [3.05, 3.63) is 35.0 Å². The third-order valence-electron chi connectivity index (χ3n) is 4.23. The molecule has 0 amide bonds. The second kappa shape index (κ2) is 7.91. The Kier molecular flexibility index (Phi) is 5.59. The molecule has 0 radical (unpaired) electrons. The molecule has 1 unspecified atom stereocenters. The number of methoxy groups -OCH3 is 2. The van der Waals surface area contributed by atoms with Crippen LogP contribution in [0.5, 0.6) is 11.5 Å². The van der Waals surface area contributed by atoms with Crippen LogP contribution in [0.1, 0.15) is 25.5 Å². The van der Waals surface area contributed by atoms with Gasteiger partial charge in [0.1, 0.15) is 6.04 Å². The van der Waals surface area contributed by atoms with Gasteiger partial charge < -0.3 is 19.5 Å². The van der Waals surface area contributed by atoms with E-state index in [1.54, 1.807) is 31.9 Å². The maximum absolute atomic E-state index is 12.7. The molecule has 0 spiro atoms. The van der Waals surface area contributed by atoms with Gasteiger partial charge in [0.15, 0.2) is 11.5 Å². The summed E-state index contributed by atoms with van der Waals surface area (Å²) < 4.78 is 17.7. The van der Waals surface area contributed by atoms with Crippen LogP contribution in [0.25, 0.3) is 0 Å². The first-order valence-corrected chi connectivity index (χ1v) is 9.63. The average Bonchev–Trinajstić information content (AvgIpc) is 3.09. The van der Waals surface area contributed by atoms with Gasteiger partial charge in [0, 0.05) is 5.70 Å². The Morgan fingerprint density at radius 1 is 1.30 bits per heavy atom. The molecule has 1 aromatic heterocycles. The molecular weight excluding hydrogens is 368 g/mol. The Labute approximate surface area is 161 Å². The van der Waals surface area contributed by atoms with Crippen LogP contribution >= 0.6 is 11.8 Å². The fourth-order valence-corrected chi connectivity index (χ4v) is 3.37. The fourth-order valence-electron chi connectivity index (χ4n) is 3.02. The maximum Gasteiger partial charge on any atom is 0.338 e. The van der Waals surface area contributed by atoms with Crippen molar-refractivity contribution in [2.24, 2.45) is 0 Å². The normalized spacial score (nSPS) is 15.8. The first-order chi connectivity index (χ1) is 13.0. The first kappa shape index (κ1) is 19.1. The Balaban J connectivity index is 2.18. The van der Waals surface area contributed by atoms with Gasteiger partial charge in [-0.3, -0.25) is 0 Å². The van der Waals surface area contributed by atoms with Gasteiger partial charge in [-0.1, -0.05) is 17.8 Å². The molecule has 9 heteroatoms. The number of carbonyl (C=O) groups is 1. The van der Waals surface area contributed by atoms with Crippen molar-refractivity contribution in [3.63, 3.8) is 0 Å². The van der Waals surface area contributed by atoms with Crippen LogP contribution < -0.4 is 14.8 Å². The van der Waals surface area contributed by atoms with Gasteiger partial charge in [0.2, 0.25) is 11.1 Å². The van der Waals surface area contributed by atoms with Crippen molar-refractivity contribution in [2.45, 2.75) is 25.0 Å². The highest BCUT2D eigenvalue weighted by Crippen LogP contribution is 2.39. The molecule has 0 saturated carbocycles. The molecule has 1 atom stereocenters. The molecule has 0 aliphatic carbocycles. The lowest BCUT2D eigenvalue weighted by molar-refractivity contribution is -0.139. The molecule has 8 nitrogen and oxygen atoms in total. The van der Waals surface area contributed by atoms with Gasteiger partial charge in [-0.25, -0.2) is 9.48 Å². The highest BCUT2D eigenvalue weighted by Gasteiger charge is 2.35. The third kappa shape index (κ3) is 3.46. The summed E-state index contributed by atoms with van der Waals surface area (Å²) in [7, 11) is 3.15. The van der Waals surface area contributed by atoms with Crippen LogP contribution in [0.15, 0.2) is 34.6 Å². The number of benzene rings is 1. The van der Waals surface area contributed by atoms with Gasteiger partial charge in [0.05, 0.1) is 26.4 Å². The molecular formula is C18H22N4O4S. The standard InChI is InChI=1S/C18H22N4O4S/c1-6-26-16(23)14-10(2)19-17-20-18(27-5)21-22(17)15(14)11-7-8-12(24-3)13(9-11)25-4/h7-9,15H,6H2,1-5H3,(H,19,20,21). The number of hydrogen-bond donors (Lipinski definition) is 1. The van der Waals surface area contributed by atoms with E-state index in [2.05, 4.69) is 15.4 Å². The van der Waals surface area contributed by atoms with E-state index < -0.39 is 12.0 Å².